The number of rotatable bonds is 3. The Balaban J connectivity index is 1.66. The summed E-state index contributed by atoms with van der Waals surface area (Å²) in [6.45, 7) is 4.59. The predicted octanol–water partition coefficient (Wildman–Crippen LogP) is 3.03. The van der Waals surface area contributed by atoms with Crippen LogP contribution in [0, 0.1) is 6.92 Å². The van der Waals surface area contributed by atoms with Crippen LogP contribution in [0.15, 0.2) is 18.2 Å². The highest BCUT2D eigenvalue weighted by molar-refractivity contribution is 7.22. The number of anilines is 1. The summed E-state index contributed by atoms with van der Waals surface area (Å²) in [6, 6.07) is 6.11. The minimum absolute atomic E-state index is 0.0450. The molecule has 0 radical (unpaired) electrons. The Labute approximate surface area is 122 Å². The van der Waals surface area contributed by atoms with Crippen LogP contribution in [0.5, 0.6) is 0 Å². The fraction of sp³-hybridized carbons (Fsp3) is 0.467. The van der Waals surface area contributed by atoms with Gasteiger partial charge in [0.2, 0.25) is 5.91 Å². The van der Waals surface area contributed by atoms with Crippen LogP contribution in [0.2, 0.25) is 0 Å². The summed E-state index contributed by atoms with van der Waals surface area (Å²) in [7, 11) is 0. The third-order valence-corrected chi connectivity index (χ3v) is 4.62. The Kier molecular flexibility index (Phi) is 3.98. The minimum atomic E-state index is 0.0450. The molecule has 1 aliphatic heterocycles. The lowest BCUT2D eigenvalue weighted by Gasteiger charge is -2.25. The number of aromatic nitrogens is 1. The van der Waals surface area contributed by atoms with Gasteiger partial charge in [-0.15, -0.1) is 0 Å². The summed E-state index contributed by atoms with van der Waals surface area (Å²) < 4.78 is 1.12. The number of hydrogen-bond acceptors (Lipinski definition) is 4. The van der Waals surface area contributed by atoms with E-state index >= 15 is 0 Å². The zero-order chi connectivity index (χ0) is 13.9. The maximum absolute atomic E-state index is 12.1. The molecule has 1 fully saturated rings. The molecule has 1 N–H and O–H groups in total. The van der Waals surface area contributed by atoms with E-state index in [9.17, 15) is 4.79 Å². The number of nitrogens with one attached hydrogen (secondary N) is 1. The molecular weight excluding hydrogens is 270 g/mol. The van der Waals surface area contributed by atoms with Gasteiger partial charge in [0, 0.05) is 0 Å². The van der Waals surface area contributed by atoms with Crippen molar-refractivity contribution in [3.05, 3.63) is 23.8 Å². The van der Waals surface area contributed by atoms with E-state index < -0.39 is 0 Å². The van der Waals surface area contributed by atoms with Crippen LogP contribution >= 0.6 is 11.3 Å². The number of amides is 1. The average Bonchev–Trinajstić information content (AvgIpc) is 2.83. The zero-order valence-corrected chi connectivity index (χ0v) is 12.5. The van der Waals surface area contributed by atoms with E-state index in [0.29, 0.717) is 11.7 Å². The van der Waals surface area contributed by atoms with Crippen LogP contribution in [-0.4, -0.2) is 35.4 Å². The van der Waals surface area contributed by atoms with Crippen LogP contribution in [0.1, 0.15) is 24.8 Å². The molecule has 2 heterocycles. The lowest BCUT2D eigenvalue weighted by molar-refractivity contribution is -0.117. The molecule has 0 bridgehead atoms. The molecule has 1 saturated heterocycles. The molecule has 0 spiro atoms. The van der Waals surface area contributed by atoms with Crippen LogP contribution in [-0.2, 0) is 4.79 Å². The number of nitrogens with zero attached hydrogens (tertiary/aromatic N) is 2. The number of piperidine rings is 1. The van der Waals surface area contributed by atoms with Gasteiger partial charge in [-0.1, -0.05) is 29.9 Å². The van der Waals surface area contributed by atoms with Gasteiger partial charge in [0.15, 0.2) is 5.13 Å². The van der Waals surface area contributed by atoms with Crippen molar-refractivity contribution in [2.75, 3.05) is 25.0 Å². The maximum Gasteiger partial charge on any atom is 0.240 e. The molecule has 1 aromatic heterocycles. The molecule has 4 nitrogen and oxygen atoms in total. The van der Waals surface area contributed by atoms with Crippen molar-refractivity contribution < 1.29 is 4.79 Å². The number of fused-ring (bicyclic) bond motifs is 1. The molecule has 1 aliphatic rings. The Morgan fingerprint density at radius 1 is 1.35 bits per heavy atom. The van der Waals surface area contributed by atoms with Crippen LogP contribution in [0.3, 0.4) is 0 Å². The third kappa shape index (κ3) is 2.99. The number of hydrogen-bond donors (Lipinski definition) is 1. The van der Waals surface area contributed by atoms with Gasteiger partial charge in [-0.05, 0) is 44.5 Å². The molecule has 1 aromatic carbocycles. The summed E-state index contributed by atoms with van der Waals surface area (Å²) in [5.74, 6) is 0.0450. The molecular formula is C15H19N3OS. The maximum atomic E-state index is 12.1. The number of benzene rings is 1. The summed E-state index contributed by atoms with van der Waals surface area (Å²) in [4.78, 5) is 18.8. The van der Waals surface area contributed by atoms with Crippen molar-refractivity contribution in [3.63, 3.8) is 0 Å². The van der Waals surface area contributed by atoms with Crippen molar-refractivity contribution in [3.8, 4) is 0 Å². The fourth-order valence-corrected chi connectivity index (χ4v) is 3.58. The molecule has 0 saturated carbocycles. The number of carbonyl (C=O) groups excluding carboxylic acids is 1. The first-order valence-electron chi connectivity index (χ1n) is 7.11. The molecule has 2 aromatic rings. The van der Waals surface area contributed by atoms with E-state index in [4.69, 9.17) is 0 Å². The number of likely N-dealkylation sites (tertiary alicyclic amines) is 1. The van der Waals surface area contributed by atoms with E-state index in [2.05, 4.69) is 15.2 Å². The molecule has 0 aliphatic carbocycles. The van der Waals surface area contributed by atoms with Gasteiger partial charge in [0.1, 0.15) is 0 Å². The second kappa shape index (κ2) is 5.89. The second-order valence-electron chi connectivity index (χ2n) is 5.33. The Bertz CT molecular complexity index is 617. The highest BCUT2D eigenvalue weighted by Crippen LogP contribution is 2.27. The largest absolute Gasteiger partial charge is 0.301 e. The van der Waals surface area contributed by atoms with E-state index in [0.717, 1.165) is 28.9 Å². The highest BCUT2D eigenvalue weighted by Gasteiger charge is 2.15. The number of para-hydroxylation sites is 1. The van der Waals surface area contributed by atoms with E-state index in [1.807, 2.05) is 25.1 Å². The standard InChI is InChI=1S/C15H19N3OS/c1-11-6-5-7-12-14(11)17-15(20-12)16-13(19)10-18-8-3-2-4-9-18/h5-7H,2-4,8-10H2,1H3,(H,16,17,19). The molecule has 0 unspecified atom stereocenters. The van der Waals surface area contributed by atoms with E-state index in [-0.39, 0.29) is 5.91 Å². The van der Waals surface area contributed by atoms with Crippen LogP contribution in [0.4, 0.5) is 5.13 Å². The predicted molar refractivity (Wildman–Crippen MR) is 83.3 cm³/mol. The van der Waals surface area contributed by atoms with Crippen LogP contribution < -0.4 is 5.32 Å². The zero-order valence-electron chi connectivity index (χ0n) is 11.7. The van der Waals surface area contributed by atoms with Gasteiger partial charge in [-0.3, -0.25) is 9.69 Å². The first-order valence-corrected chi connectivity index (χ1v) is 7.92. The van der Waals surface area contributed by atoms with Gasteiger partial charge < -0.3 is 5.32 Å². The Morgan fingerprint density at radius 3 is 2.90 bits per heavy atom. The van der Waals surface area contributed by atoms with E-state index in [1.54, 1.807) is 11.3 Å². The molecule has 5 heteroatoms. The fourth-order valence-electron chi connectivity index (χ4n) is 2.62. The molecule has 0 atom stereocenters. The quantitative estimate of drug-likeness (QED) is 0.944. The van der Waals surface area contributed by atoms with Gasteiger partial charge in [-0.25, -0.2) is 4.98 Å². The molecule has 1 amide bonds. The second-order valence-corrected chi connectivity index (χ2v) is 6.36. The number of carbonyl (C=O) groups is 1. The van der Waals surface area contributed by atoms with Crippen molar-refractivity contribution in [1.82, 2.24) is 9.88 Å². The normalized spacial score (nSPS) is 16.4. The lowest BCUT2D eigenvalue weighted by Crippen LogP contribution is -2.36. The van der Waals surface area contributed by atoms with Gasteiger partial charge >= 0.3 is 0 Å². The lowest BCUT2D eigenvalue weighted by atomic mass is 10.1. The summed E-state index contributed by atoms with van der Waals surface area (Å²) in [5, 5.41) is 3.64. The minimum Gasteiger partial charge on any atom is -0.301 e. The average molecular weight is 289 g/mol. The Morgan fingerprint density at radius 2 is 2.15 bits per heavy atom. The van der Waals surface area contributed by atoms with Crippen molar-refractivity contribution in [2.24, 2.45) is 0 Å². The highest BCUT2D eigenvalue weighted by atomic mass is 32.1. The van der Waals surface area contributed by atoms with E-state index in [1.165, 1.54) is 19.3 Å². The molecule has 106 valence electrons. The smallest absolute Gasteiger partial charge is 0.240 e. The summed E-state index contributed by atoms with van der Waals surface area (Å²) >= 11 is 1.54. The molecule has 3 rings (SSSR count). The van der Waals surface area contributed by atoms with Crippen molar-refractivity contribution in [2.45, 2.75) is 26.2 Å². The van der Waals surface area contributed by atoms with Gasteiger partial charge in [-0.2, -0.15) is 0 Å². The van der Waals surface area contributed by atoms with Gasteiger partial charge in [0.25, 0.3) is 0 Å². The monoisotopic (exact) mass is 289 g/mol. The number of thiazole rings is 1. The van der Waals surface area contributed by atoms with Crippen molar-refractivity contribution >= 4 is 32.6 Å². The third-order valence-electron chi connectivity index (χ3n) is 3.68. The summed E-state index contributed by atoms with van der Waals surface area (Å²) in [5.41, 5.74) is 2.14. The number of aryl methyl sites for hydroxylation is 1. The van der Waals surface area contributed by atoms with Gasteiger partial charge in [0.05, 0.1) is 16.8 Å². The topological polar surface area (TPSA) is 45.2 Å². The summed E-state index contributed by atoms with van der Waals surface area (Å²) in [6.07, 6.45) is 3.69. The van der Waals surface area contributed by atoms with Crippen molar-refractivity contribution in [1.29, 1.82) is 0 Å². The van der Waals surface area contributed by atoms with Crippen LogP contribution in [0.25, 0.3) is 10.2 Å². The first-order chi connectivity index (χ1) is 9.72. The first kappa shape index (κ1) is 13.5. The Hall–Kier alpha value is -1.46. The SMILES string of the molecule is Cc1cccc2sc(NC(=O)CN3CCCCC3)nc12. The molecule has 20 heavy (non-hydrogen) atoms.